The topological polar surface area (TPSA) is 87.5 Å². The van der Waals surface area contributed by atoms with Gasteiger partial charge in [-0.05, 0) is 25.1 Å². The van der Waals surface area contributed by atoms with Crippen molar-refractivity contribution in [3.8, 4) is 0 Å². The van der Waals surface area contributed by atoms with Crippen molar-refractivity contribution < 1.29 is 9.59 Å². The minimum absolute atomic E-state index is 0. The average Bonchev–Trinajstić information content (AvgIpc) is 2.75. The van der Waals surface area contributed by atoms with E-state index in [1.807, 2.05) is 6.07 Å². The summed E-state index contributed by atoms with van der Waals surface area (Å²) in [5.74, 6) is -0.252. The first-order chi connectivity index (χ1) is 8.58. The molecular weight excluding hydrogens is 268 g/mol. The molecule has 1 aromatic rings. The zero-order chi connectivity index (χ0) is 13.1. The molecule has 1 aromatic carbocycles. The quantitative estimate of drug-likeness (QED) is 0.771. The molecule has 104 valence electrons. The van der Waals surface area contributed by atoms with Crippen LogP contribution in [0.4, 0.5) is 16.2 Å². The molecule has 1 heterocycles. The van der Waals surface area contributed by atoms with Gasteiger partial charge in [0.1, 0.15) is 0 Å². The van der Waals surface area contributed by atoms with Crippen LogP contribution in [0, 0.1) is 0 Å². The summed E-state index contributed by atoms with van der Waals surface area (Å²) in [5, 5.41) is 5.42. The zero-order valence-corrected chi connectivity index (χ0v) is 11.4. The third-order valence-corrected chi connectivity index (χ3v) is 2.70. The molecule has 3 amide bonds. The standard InChI is InChI=1S/C12H16N4O2.ClH/c1-8(13)11(17)15-9-3-2-4-10(7-9)16-6-5-14-12(16)18;/h2-4,7-8H,5-6,13H2,1H3,(H,14,18)(H,15,17);1H/t8-;/m0./s1. The van der Waals surface area contributed by atoms with E-state index in [0.717, 1.165) is 5.69 Å². The van der Waals surface area contributed by atoms with Crippen LogP contribution in [0.5, 0.6) is 0 Å². The van der Waals surface area contributed by atoms with Crippen LogP contribution in [0.25, 0.3) is 0 Å². The van der Waals surface area contributed by atoms with Crippen molar-refractivity contribution in [2.45, 2.75) is 13.0 Å². The SMILES string of the molecule is C[C@H](N)C(=O)Nc1cccc(N2CCNC2=O)c1.Cl. The number of carbonyl (C=O) groups is 2. The van der Waals surface area contributed by atoms with Gasteiger partial charge in [-0.15, -0.1) is 12.4 Å². The van der Waals surface area contributed by atoms with E-state index in [4.69, 9.17) is 5.73 Å². The largest absolute Gasteiger partial charge is 0.336 e. The van der Waals surface area contributed by atoms with Gasteiger partial charge >= 0.3 is 6.03 Å². The van der Waals surface area contributed by atoms with Gasteiger partial charge in [0, 0.05) is 24.5 Å². The molecule has 19 heavy (non-hydrogen) atoms. The van der Waals surface area contributed by atoms with Gasteiger partial charge in [0.05, 0.1) is 6.04 Å². The lowest BCUT2D eigenvalue weighted by atomic mass is 10.2. The molecule has 0 spiro atoms. The number of hydrogen-bond donors (Lipinski definition) is 3. The molecule has 0 bridgehead atoms. The zero-order valence-electron chi connectivity index (χ0n) is 10.6. The minimum atomic E-state index is -0.566. The van der Waals surface area contributed by atoms with Crippen LogP contribution < -0.4 is 21.3 Å². The van der Waals surface area contributed by atoms with Gasteiger partial charge < -0.3 is 16.4 Å². The maximum atomic E-state index is 11.5. The smallest absolute Gasteiger partial charge is 0.321 e. The van der Waals surface area contributed by atoms with Gasteiger partial charge in [-0.3, -0.25) is 9.69 Å². The third kappa shape index (κ3) is 3.59. The second-order valence-corrected chi connectivity index (χ2v) is 4.21. The lowest BCUT2D eigenvalue weighted by Gasteiger charge is -2.16. The molecule has 1 aliphatic heterocycles. The fraction of sp³-hybridized carbons (Fsp3) is 0.333. The van der Waals surface area contributed by atoms with Crippen molar-refractivity contribution >= 4 is 35.7 Å². The summed E-state index contributed by atoms with van der Waals surface area (Å²) in [6, 6.07) is 6.45. The van der Waals surface area contributed by atoms with Crippen LogP contribution in [0.3, 0.4) is 0 Å². The number of nitrogens with two attached hydrogens (primary N) is 1. The summed E-state index contributed by atoms with van der Waals surface area (Å²) in [6.45, 7) is 2.88. The third-order valence-electron chi connectivity index (χ3n) is 2.70. The Bertz CT molecular complexity index is 479. The molecule has 1 fully saturated rings. The molecule has 0 radical (unpaired) electrons. The van der Waals surface area contributed by atoms with E-state index in [9.17, 15) is 9.59 Å². The number of nitrogens with one attached hydrogen (secondary N) is 2. The Morgan fingerprint density at radius 3 is 2.84 bits per heavy atom. The highest BCUT2D eigenvalue weighted by molar-refractivity contribution is 5.97. The highest BCUT2D eigenvalue weighted by Crippen LogP contribution is 2.20. The number of hydrogen-bond acceptors (Lipinski definition) is 3. The fourth-order valence-corrected chi connectivity index (χ4v) is 1.73. The Morgan fingerprint density at radius 1 is 1.53 bits per heavy atom. The normalized spacial score (nSPS) is 15.5. The summed E-state index contributed by atoms with van der Waals surface area (Å²) >= 11 is 0. The van der Waals surface area contributed by atoms with Crippen LogP contribution in [0.2, 0.25) is 0 Å². The Morgan fingerprint density at radius 2 is 2.26 bits per heavy atom. The number of halogens is 1. The van der Waals surface area contributed by atoms with Crippen LogP contribution in [0.15, 0.2) is 24.3 Å². The van der Waals surface area contributed by atoms with Crippen LogP contribution in [-0.4, -0.2) is 31.1 Å². The van der Waals surface area contributed by atoms with E-state index in [0.29, 0.717) is 18.8 Å². The molecule has 7 heteroatoms. The number of rotatable bonds is 3. The molecule has 0 aromatic heterocycles. The van der Waals surface area contributed by atoms with Gasteiger partial charge in [-0.2, -0.15) is 0 Å². The molecule has 1 atom stereocenters. The minimum Gasteiger partial charge on any atom is -0.336 e. The van der Waals surface area contributed by atoms with Crippen molar-refractivity contribution in [1.29, 1.82) is 0 Å². The Balaban J connectivity index is 0.00000180. The Kier molecular flexibility index (Phi) is 5.14. The number of urea groups is 1. The highest BCUT2D eigenvalue weighted by Gasteiger charge is 2.21. The van der Waals surface area contributed by atoms with Crippen LogP contribution in [0.1, 0.15) is 6.92 Å². The van der Waals surface area contributed by atoms with E-state index in [-0.39, 0.29) is 24.3 Å². The van der Waals surface area contributed by atoms with Gasteiger partial charge in [0.25, 0.3) is 0 Å². The van der Waals surface area contributed by atoms with Gasteiger partial charge in [-0.1, -0.05) is 6.07 Å². The predicted octanol–water partition coefficient (Wildman–Crippen LogP) is 0.924. The monoisotopic (exact) mass is 284 g/mol. The van der Waals surface area contributed by atoms with E-state index >= 15 is 0 Å². The number of benzene rings is 1. The lowest BCUT2D eigenvalue weighted by molar-refractivity contribution is -0.117. The molecule has 0 aliphatic carbocycles. The van der Waals surface area contributed by atoms with Crippen molar-refractivity contribution in [2.75, 3.05) is 23.3 Å². The maximum Gasteiger partial charge on any atom is 0.321 e. The molecule has 0 unspecified atom stereocenters. The summed E-state index contributed by atoms with van der Waals surface area (Å²) in [4.78, 5) is 24.6. The van der Waals surface area contributed by atoms with Crippen molar-refractivity contribution in [2.24, 2.45) is 5.73 Å². The van der Waals surface area contributed by atoms with Crippen molar-refractivity contribution in [1.82, 2.24) is 5.32 Å². The summed E-state index contributed by atoms with van der Waals surface area (Å²) < 4.78 is 0. The van der Waals surface area contributed by atoms with E-state index < -0.39 is 6.04 Å². The summed E-state index contributed by atoms with van der Waals surface area (Å²) in [7, 11) is 0. The average molecular weight is 285 g/mol. The molecule has 0 saturated carbocycles. The van der Waals surface area contributed by atoms with Gasteiger partial charge in [0.15, 0.2) is 0 Å². The van der Waals surface area contributed by atoms with Crippen molar-refractivity contribution in [3.63, 3.8) is 0 Å². The van der Waals surface area contributed by atoms with Crippen molar-refractivity contribution in [3.05, 3.63) is 24.3 Å². The molecular formula is C12H17ClN4O2. The predicted molar refractivity (Wildman–Crippen MR) is 76.7 cm³/mol. The molecule has 6 nitrogen and oxygen atoms in total. The first kappa shape index (κ1) is 15.3. The molecule has 1 aliphatic rings. The lowest BCUT2D eigenvalue weighted by Crippen LogP contribution is -2.32. The highest BCUT2D eigenvalue weighted by atomic mass is 35.5. The van der Waals surface area contributed by atoms with Gasteiger partial charge in [0.2, 0.25) is 5.91 Å². The number of amides is 3. The number of nitrogens with zero attached hydrogens (tertiary/aromatic N) is 1. The number of anilines is 2. The van der Waals surface area contributed by atoms with E-state index in [1.165, 1.54) is 0 Å². The van der Waals surface area contributed by atoms with E-state index in [1.54, 1.807) is 30.0 Å². The first-order valence-electron chi connectivity index (χ1n) is 5.80. The van der Waals surface area contributed by atoms with Crippen LogP contribution in [-0.2, 0) is 4.79 Å². The summed E-state index contributed by atoms with van der Waals surface area (Å²) in [6.07, 6.45) is 0. The molecule has 4 N–H and O–H groups in total. The van der Waals surface area contributed by atoms with Crippen LogP contribution >= 0.6 is 12.4 Å². The molecule has 2 rings (SSSR count). The number of carbonyl (C=O) groups excluding carboxylic acids is 2. The Hall–Kier alpha value is -1.79. The maximum absolute atomic E-state index is 11.5. The molecule has 1 saturated heterocycles. The van der Waals surface area contributed by atoms with E-state index in [2.05, 4.69) is 10.6 Å². The second-order valence-electron chi connectivity index (χ2n) is 4.21. The fourth-order valence-electron chi connectivity index (χ4n) is 1.73. The van der Waals surface area contributed by atoms with Gasteiger partial charge in [-0.25, -0.2) is 4.79 Å². The second kappa shape index (κ2) is 6.40. The Labute approximate surface area is 117 Å². The summed E-state index contributed by atoms with van der Waals surface area (Å²) in [5.41, 5.74) is 6.87. The first-order valence-corrected chi connectivity index (χ1v) is 5.80.